The van der Waals surface area contributed by atoms with Crippen molar-refractivity contribution in [3.8, 4) is 5.75 Å². The number of hydrazine groups is 1. The van der Waals surface area contributed by atoms with Crippen molar-refractivity contribution in [1.29, 1.82) is 0 Å². The Morgan fingerprint density at radius 1 is 1.08 bits per heavy atom. The van der Waals surface area contributed by atoms with E-state index in [2.05, 4.69) is 0 Å². The zero-order valence-electron chi connectivity index (χ0n) is 14.5. The van der Waals surface area contributed by atoms with Crippen LogP contribution in [0.5, 0.6) is 5.75 Å². The third-order valence-corrected chi connectivity index (χ3v) is 4.75. The van der Waals surface area contributed by atoms with E-state index in [1.807, 2.05) is 24.3 Å². The van der Waals surface area contributed by atoms with Crippen LogP contribution in [-0.4, -0.2) is 54.6 Å². The summed E-state index contributed by atoms with van der Waals surface area (Å²) in [5.41, 5.74) is 0.383. The van der Waals surface area contributed by atoms with Crippen LogP contribution in [0, 0.1) is 0 Å². The van der Waals surface area contributed by atoms with E-state index >= 15 is 0 Å². The normalized spacial score (nSPS) is 18.0. The van der Waals surface area contributed by atoms with Crippen LogP contribution in [0.2, 0.25) is 0 Å². The smallest absolute Gasteiger partial charge is 0.303 e. The second-order valence-electron chi connectivity index (χ2n) is 6.39. The van der Waals surface area contributed by atoms with Gasteiger partial charge < -0.3 is 9.47 Å². The van der Waals surface area contributed by atoms with Crippen molar-refractivity contribution < 1.29 is 23.9 Å². The number of nitrogens with zero attached hydrogens (tertiary/aromatic N) is 2. The molecule has 1 heterocycles. The average molecular weight is 346 g/mol. The standard InChI is InChI=1S/C18H22N2O5/c1-13(21)25-12-16(22)19-10-3-11-20(19)17(23)18(8-9-18)14-4-6-15(24-2)7-5-14/h4-7H,3,8-12H2,1-2H3. The number of carbonyl (C=O) groups is 3. The number of benzene rings is 1. The maximum Gasteiger partial charge on any atom is 0.303 e. The fourth-order valence-electron chi connectivity index (χ4n) is 3.23. The van der Waals surface area contributed by atoms with Gasteiger partial charge in [-0.15, -0.1) is 0 Å². The minimum atomic E-state index is -0.559. The minimum absolute atomic E-state index is 0.0636. The van der Waals surface area contributed by atoms with Crippen molar-refractivity contribution in [2.45, 2.75) is 31.6 Å². The molecule has 0 radical (unpaired) electrons. The molecule has 0 unspecified atom stereocenters. The highest BCUT2D eigenvalue weighted by Gasteiger charge is 2.54. The molecule has 1 saturated carbocycles. The summed E-state index contributed by atoms with van der Waals surface area (Å²) in [7, 11) is 1.60. The molecule has 7 nitrogen and oxygen atoms in total. The molecule has 3 rings (SSSR count). The van der Waals surface area contributed by atoms with E-state index in [-0.39, 0.29) is 18.4 Å². The molecule has 134 valence electrons. The number of rotatable bonds is 5. The largest absolute Gasteiger partial charge is 0.497 e. The van der Waals surface area contributed by atoms with Gasteiger partial charge in [-0.25, -0.2) is 5.01 Å². The summed E-state index contributed by atoms with van der Waals surface area (Å²) in [6.45, 7) is 1.88. The monoisotopic (exact) mass is 346 g/mol. The molecule has 0 bridgehead atoms. The summed E-state index contributed by atoms with van der Waals surface area (Å²) in [6, 6.07) is 7.50. The maximum atomic E-state index is 13.1. The van der Waals surface area contributed by atoms with E-state index in [1.54, 1.807) is 7.11 Å². The Labute approximate surface area is 146 Å². The third kappa shape index (κ3) is 3.31. The van der Waals surface area contributed by atoms with Crippen LogP contribution < -0.4 is 4.74 Å². The Kier molecular flexibility index (Phi) is 4.65. The second-order valence-corrected chi connectivity index (χ2v) is 6.39. The van der Waals surface area contributed by atoms with Crippen LogP contribution in [0.3, 0.4) is 0 Å². The van der Waals surface area contributed by atoms with Gasteiger partial charge in [-0.1, -0.05) is 12.1 Å². The van der Waals surface area contributed by atoms with Gasteiger partial charge in [0.2, 0.25) is 0 Å². The van der Waals surface area contributed by atoms with E-state index in [0.29, 0.717) is 13.1 Å². The van der Waals surface area contributed by atoms with Crippen LogP contribution in [-0.2, 0) is 24.5 Å². The first kappa shape index (κ1) is 17.3. The van der Waals surface area contributed by atoms with Gasteiger partial charge in [-0.2, -0.15) is 0 Å². The van der Waals surface area contributed by atoms with E-state index in [9.17, 15) is 14.4 Å². The van der Waals surface area contributed by atoms with Gasteiger partial charge in [0.25, 0.3) is 11.8 Å². The summed E-state index contributed by atoms with van der Waals surface area (Å²) in [6.07, 6.45) is 2.25. The van der Waals surface area contributed by atoms with Crippen LogP contribution in [0.15, 0.2) is 24.3 Å². The molecule has 25 heavy (non-hydrogen) atoms. The number of esters is 1. The number of methoxy groups -OCH3 is 1. The highest BCUT2D eigenvalue weighted by Crippen LogP contribution is 2.50. The van der Waals surface area contributed by atoms with E-state index in [4.69, 9.17) is 9.47 Å². The summed E-state index contributed by atoms with van der Waals surface area (Å²) in [4.78, 5) is 36.3. The van der Waals surface area contributed by atoms with Gasteiger partial charge in [-0.3, -0.25) is 19.4 Å². The first-order chi connectivity index (χ1) is 12.0. The van der Waals surface area contributed by atoms with Gasteiger partial charge in [0.1, 0.15) is 5.75 Å². The van der Waals surface area contributed by atoms with Gasteiger partial charge >= 0.3 is 5.97 Å². The van der Waals surface area contributed by atoms with E-state index in [1.165, 1.54) is 16.9 Å². The van der Waals surface area contributed by atoms with Gasteiger partial charge in [0, 0.05) is 20.0 Å². The summed E-state index contributed by atoms with van der Waals surface area (Å²) < 4.78 is 9.94. The molecule has 0 spiro atoms. The van der Waals surface area contributed by atoms with Gasteiger partial charge in [0.05, 0.1) is 12.5 Å². The second kappa shape index (κ2) is 6.74. The van der Waals surface area contributed by atoms with Crippen LogP contribution >= 0.6 is 0 Å². The molecule has 2 aliphatic rings. The molecule has 1 aliphatic carbocycles. The topological polar surface area (TPSA) is 76.2 Å². The summed E-state index contributed by atoms with van der Waals surface area (Å²) in [5.74, 6) is -0.202. The first-order valence-corrected chi connectivity index (χ1v) is 8.38. The highest BCUT2D eigenvalue weighted by atomic mass is 16.5. The van der Waals surface area contributed by atoms with Crippen molar-refractivity contribution in [3.63, 3.8) is 0 Å². The van der Waals surface area contributed by atoms with E-state index < -0.39 is 11.4 Å². The molecule has 1 aromatic carbocycles. The van der Waals surface area contributed by atoms with Crippen molar-refractivity contribution in [2.75, 3.05) is 26.8 Å². The third-order valence-electron chi connectivity index (χ3n) is 4.75. The predicted octanol–water partition coefficient (Wildman–Crippen LogP) is 1.27. The zero-order valence-corrected chi connectivity index (χ0v) is 14.5. The van der Waals surface area contributed by atoms with Crippen LogP contribution in [0.25, 0.3) is 0 Å². The molecular weight excluding hydrogens is 324 g/mol. The predicted molar refractivity (Wildman–Crippen MR) is 88.6 cm³/mol. The number of ether oxygens (including phenoxy) is 2. The van der Waals surface area contributed by atoms with E-state index in [0.717, 1.165) is 30.6 Å². The van der Waals surface area contributed by atoms with Crippen molar-refractivity contribution >= 4 is 17.8 Å². The lowest BCUT2D eigenvalue weighted by Gasteiger charge is -2.31. The first-order valence-electron chi connectivity index (χ1n) is 8.38. The average Bonchev–Trinajstić information content (AvgIpc) is 3.28. The molecule has 1 aliphatic heterocycles. The maximum absolute atomic E-state index is 13.1. The molecule has 7 heteroatoms. The Bertz CT molecular complexity index is 681. The van der Waals surface area contributed by atoms with Gasteiger partial charge in [0.15, 0.2) is 6.61 Å². The molecule has 1 saturated heterocycles. The summed E-state index contributed by atoms with van der Waals surface area (Å²) in [5, 5.41) is 2.93. The van der Waals surface area contributed by atoms with Gasteiger partial charge in [-0.05, 0) is 37.0 Å². The lowest BCUT2D eigenvalue weighted by Crippen LogP contribution is -2.50. The number of hydrogen-bond donors (Lipinski definition) is 0. The Balaban J connectivity index is 1.74. The Morgan fingerprint density at radius 2 is 1.72 bits per heavy atom. The lowest BCUT2D eigenvalue weighted by molar-refractivity contribution is -0.165. The van der Waals surface area contributed by atoms with Crippen LogP contribution in [0.4, 0.5) is 0 Å². The molecule has 0 atom stereocenters. The minimum Gasteiger partial charge on any atom is -0.497 e. The number of carbonyl (C=O) groups excluding carboxylic acids is 3. The molecule has 1 aromatic rings. The van der Waals surface area contributed by atoms with Crippen molar-refractivity contribution in [1.82, 2.24) is 10.0 Å². The number of hydrogen-bond acceptors (Lipinski definition) is 5. The highest BCUT2D eigenvalue weighted by molar-refractivity contribution is 5.93. The van der Waals surface area contributed by atoms with Crippen molar-refractivity contribution in [3.05, 3.63) is 29.8 Å². The number of amides is 2. The zero-order chi connectivity index (χ0) is 18.0. The molecule has 0 N–H and O–H groups in total. The lowest BCUT2D eigenvalue weighted by atomic mass is 9.94. The fraction of sp³-hybridized carbons (Fsp3) is 0.500. The Morgan fingerprint density at radius 3 is 2.28 bits per heavy atom. The van der Waals surface area contributed by atoms with Crippen LogP contribution in [0.1, 0.15) is 31.7 Å². The SMILES string of the molecule is COc1ccc(C2(C(=O)N3CCCN3C(=O)COC(C)=O)CC2)cc1. The molecule has 0 aromatic heterocycles. The molecule has 2 fully saturated rings. The van der Waals surface area contributed by atoms with Crippen molar-refractivity contribution in [2.24, 2.45) is 0 Å². The molecular formula is C18H22N2O5. The quantitative estimate of drug-likeness (QED) is 0.751. The molecule has 2 amide bonds. The Hall–Kier alpha value is -2.57. The summed E-state index contributed by atoms with van der Waals surface area (Å²) >= 11 is 0. The fourth-order valence-corrected chi connectivity index (χ4v) is 3.23.